The summed E-state index contributed by atoms with van der Waals surface area (Å²) in [7, 11) is 2.48. The van der Waals surface area contributed by atoms with Crippen LogP contribution in [0.5, 0.6) is 11.5 Å². The second-order valence-electron chi connectivity index (χ2n) is 6.07. The van der Waals surface area contributed by atoms with Crippen LogP contribution >= 0.6 is 0 Å². The van der Waals surface area contributed by atoms with E-state index in [4.69, 9.17) is 0 Å². The number of phenolic OH excluding ortho intramolecular Hbond substituents is 2. The third kappa shape index (κ3) is 3.42. The molecule has 0 atom stereocenters. The fraction of sp³-hybridized carbons (Fsp3) is 0.263. The maximum atomic E-state index is 11.8. The first kappa shape index (κ1) is 18.3. The minimum atomic E-state index is -0.642. The van der Waals surface area contributed by atoms with Crippen molar-refractivity contribution in [3.8, 4) is 11.5 Å². The summed E-state index contributed by atoms with van der Waals surface area (Å²) >= 11 is 0. The molecule has 132 valence electrons. The lowest BCUT2D eigenvalue weighted by molar-refractivity contribution is 0.0588. The van der Waals surface area contributed by atoms with Crippen LogP contribution in [0.15, 0.2) is 36.4 Å². The van der Waals surface area contributed by atoms with Crippen LogP contribution in [-0.2, 0) is 14.9 Å². The molecule has 0 heterocycles. The Bertz CT molecular complexity index is 755. The molecular weight excluding hydrogens is 324 g/mol. The van der Waals surface area contributed by atoms with Crippen LogP contribution in [-0.4, -0.2) is 36.4 Å². The van der Waals surface area contributed by atoms with Gasteiger partial charge in [-0.3, -0.25) is 0 Å². The molecule has 0 aliphatic carbocycles. The summed E-state index contributed by atoms with van der Waals surface area (Å²) in [5.74, 6) is -1.63. The number of carbonyl (C=O) groups excluding carboxylic acids is 2. The Kier molecular flexibility index (Phi) is 5.02. The van der Waals surface area contributed by atoms with Crippen LogP contribution in [0.2, 0.25) is 0 Å². The summed E-state index contributed by atoms with van der Waals surface area (Å²) in [4.78, 5) is 23.6. The third-order valence-corrected chi connectivity index (χ3v) is 4.25. The van der Waals surface area contributed by atoms with E-state index in [0.29, 0.717) is 0 Å². The normalized spacial score (nSPS) is 11.0. The van der Waals surface area contributed by atoms with Gasteiger partial charge in [0.25, 0.3) is 0 Å². The van der Waals surface area contributed by atoms with Crippen molar-refractivity contribution in [1.29, 1.82) is 0 Å². The van der Waals surface area contributed by atoms with Crippen LogP contribution in [0.1, 0.15) is 45.7 Å². The zero-order valence-corrected chi connectivity index (χ0v) is 14.5. The Balaban J connectivity index is 2.55. The highest BCUT2D eigenvalue weighted by molar-refractivity contribution is 5.93. The molecule has 0 aliphatic rings. The minimum Gasteiger partial charge on any atom is -0.507 e. The van der Waals surface area contributed by atoms with Crippen molar-refractivity contribution in [3.63, 3.8) is 0 Å². The number of methoxy groups -OCH3 is 2. The molecule has 0 amide bonds. The number of hydrogen-bond donors (Lipinski definition) is 2. The molecule has 2 aromatic rings. The Labute approximate surface area is 145 Å². The number of carbonyl (C=O) groups is 2. The molecule has 6 nitrogen and oxygen atoms in total. The van der Waals surface area contributed by atoms with Gasteiger partial charge in [-0.1, -0.05) is 26.0 Å². The number of esters is 2. The van der Waals surface area contributed by atoms with Crippen molar-refractivity contribution >= 4 is 11.9 Å². The van der Waals surface area contributed by atoms with Gasteiger partial charge in [-0.2, -0.15) is 0 Å². The molecule has 0 aliphatic heterocycles. The summed E-state index contributed by atoms with van der Waals surface area (Å²) in [5.41, 5.74) is 0.951. The van der Waals surface area contributed by atoms with Crippen LogP contribution in [0.4, 0.5) is 0 Å². The number of rotatable bonds is 4. The molecule has 0 radical (unpaired) electrons. The van der Waals surface area contributed by atoms with Gasteiger partial charge in [0.15, 0.2) is 0 Å². The van der Waals surface area contributed by atoms with E-state index in [2.05, 4.69) is 9.47 Å². The number of phenols is 2. The second-order valence-corrected chi connectivity index (χ2v) is 6.07. The van der Waals surface area contributed by atoms with Crippen LogP contribution in [0, 0.1) is 0 Å². The smallest absolute Gasteiger partial charge is 0.341 e. The van der Waals surface area contributed by atoms with Crippen LogP contribution in [0.25, 0.3) is 0 Å². The van der Waals surface area contributed by atoms with Gasteiger partial charge in [0.05, 0.1) is 14.2 Å². The monoisotopic (exact) mass is 344 g/mol. The van der Waals surface area contributed by atoms with Crippen molar-refractivity contribution in [1.82, 2.24) is 0 Å². The van der Waals surface area contributed by atoms with Gasteiger partial charge in [-0.25, -0.2) is 9.59 Å². The summed E-state index contributed by atoms with van der Waals surface area (Å²) in [5, 5.41) is 19.7. The lowest BCUT2D eigenvalue weighted by Crippen LogP contribution is -2.20. The summed E-state index contributed by atoms with van der Waals surface area (Å²) in [6, 6.07) is 9.31. The zero-order chi connectivity index (χ0) is 18.8. The maximum Gasteiger partial charge on any atom is 0.341 e. The topological polar surface area (TPSA) is 93.1 Å². The fourth-order valence-electron chi connectivity index (χ4n) is 2.56. The fourth-order valence-corrected chi connectivity index (χ4v) is 2.56. The highest BCUT2D eigenvalue weighted by atomic mass is 16.5. The highest BCUT2D eigenvalue weighted by Gasteiger charge is 2.27. The Hall–Kier alpha value is -3.02. The number of ether oxygens (including phenoxy) is 2. The molecule has 6 heteroatoms. The van der Waals surface area contributed by atoms with E-state index in [-0.39, 0.29) is 22.6 Å². The van der Waals surface area contributed by atoms with E-state index in [0.717, 1.165) is 11.1 Å². The zero-order valence-electron chi connectivity index (χ0n) is 14.5. The number of benzene rings is 2. The van der Waals surface area contributed by atoms with E-state index < -0.39 is 17.4 Å². The van der Waals surface area contributed by atoms with E-state index in [1.54, 1.807) is 24.3 Å². The van der Waals surface area contributed by atoms with Gasteiger partial charge in [-0.15, -0.1) is 0 Å². The lowest BCUT2D eigenvalue weighted by atomic mass is 9.77. The first-order valence-electron chi connectivity index (χ1n) is 7.56. The summed E-state index contributed by atoms with van der Waals surface area (Å²) in [6.45, 7) is 3.79. The predicted molar refractivity (Wildman–Crippen MR) is 91.0 cm³/mol. The quantitative estimate of drug-likeness (QED) is 0.828. The standard InChI is InChI=1S/C19H20O6/c1-19(2,11-5-7-15(20)13(9-11)17(22)24-3)12-6-8-16(21)14(10-12)18(23)25-4/h5-10,20-21H,1-4H3. The van der Waals surface area contributed by atoms with Crippen molar-refractivity contribution in [2.45, 2.75) is 19.3 Å². The van der Waals surface area contributed by atoms with Gasteiger partial charge < -0.3 is 19.7 Å². The van der Waals surface area contributed by atoms with Crippen molar-refractivity contribution in [3.05, 3.63) is 58.7 Å². The van der Waals surface area contributed by atoms with E-state index in [1.807, 2.05) is 13.8 Å². The maximum absolute atomic E-state index is 11.8. The van der Waals surface area contributed by atoms with Crippen molar-refractivity contribution in [2.24, 2.45) is 0 Å². The average Bonchev–Trinajstić information content (AvgIpc) is 2.60. The molecule has 0 unspecified atom stereocenters. The second kappa shape index (κ2) is 6.84. The molecule has 0 saturated heterocycles. The largest absolute Gasteiger partial charge is 0.507 e. The van der Waals surface area contributed by atoms with Gasteiger partial charge in [-0.05, 0) is 35.4 Å². The van der Waals surface area contributed by atoms with Crippen molar-refractivity contribution in [2.75, 3.05) is 14.2 Å². The molecule has 2 aromatic carbocycles. The Morgan fingerprint density at radius 3 is 1.48 bits per heavy atom. The molecular formula is C19H20O6. The average molecular weight is 344 g/mol. The lowest BCUT2D eigenvalue weighted by Gasteiger charge is -2.27. The Morgan fingerprint density at radius 1 is 0.800 bits per heavy atom. The van der Waals surface area contributed by atoms with Gasteiger partial charge >= 0.3 is 11.9 Å². The molecule has 0 aromatic heterocycles. The van der Waals surface area contributed by atoms with Crippen LogP contribution < -0.4 is 0 Å². The van der Waals surface area contributed by atoms with E-state index in [1.165, 1.54) is 26.4 Å². The molecule has 0 fully saturated rings. The molecule has 0 spiro atoms. The third-order valence-electron chi connectivity index (χ3n) is 4.25. The van der Waals surface area contributed by atoms with Crippen molar-refractivity contribution < 1.29 is 29.3 Å². The molecule has 25 heavy (non-hydrogen) atoms. The SMILES string of the molecule is COC(=O)c1cc(C(C)(C)c2ccc(O)c(C(=O)OC)c2)ccc1O. The first-order chi connectivity index (χ1) is 11.7. The molecule has 2 N–H and O–H groups in total. The summed E-state index contributed by atoms with van der Waals surface area (Å²) in [6.07, 6.45) is 0. The summed E-state index contributed by atoms with van der Waals surface area (Å²) < 4.78 is 9.36. The van der Waals surface area contributed by atoms with Crippen LogP contribution in [0.3, 0.4) is 0 Å². The first-order valence-corrected chi connectivity index (χ1v) is 7.56. The van der Waals surface area contributed by atoms with Gasteiger partial charge in [0.2, 0.25) is 0 Å². The highest BCUT2D eigenvalue weighted by Crippen LogP contribution is 2.36. The van der Waals surface area contributed by atoms with Gasteiger partial charge in [0.1, 0.15) is 22.6 Å². The predicted octanol–water partition coefficient (Wildman–Crippen LogP) is 3.00. The number of hydrogen-bond acceptors (Lipinski definition) is 6. The van der Waals surface area contributed by atoms with E-state index in [9.17, 15) is 19.8 Å². The van der Waals surface area contributed by atoms with Gasteiger partial charge in [0, 0.05) is 5.41 Å². The number of aromatic hydroxyl groups is 2. The minimum absolute atomic E-state index is 0.0556. The molecule has 2 rings (SSSR count). The molecule has 0 saturated carbocycles. The Morgan fingerprint density at radius 2 is 1.16 bits per heavy atom. The molecule has 0 bridgehead atoms. The van der Waals surface area contributed by atoms with E-state index >= 15 is 0 Å².